The lowest BCUT2D eigenvalue weighted by Crippen LogP contribution is -2.35. The van der Waals surface area contributed by atoms with Gasteiger partial charge in [0.1, 0.15) is 5.75 Å². The van der Waals surface area contributed by atoms with E-state index in [2.05, 4.69) is 30.4 Å². The minimum Gasteiger partial charge on any atom is -0.493 e. The second-order valence-corrected chi connectivity index (χ2v) is 5.83. The molecule has 1 aliphatic carbocycles. The number of benzene rings is 1. The molecular weight excluding hydrogens is 238 g/mol. The van der Waals surface area contributed by atoms with Crippen molar-refractivity contribution in [3.05, 3.63) is 29.3 Å². The molecule has 1 aromatic carbocycles. The summed E-state index contributed by atoms with van der Waals surface area (Å²) in [6, 6.07) is 7.31. The van der Waals surface area contributed by atoms with E-state index in [0.29, 0.717) is 24.6 Å². The lowest BCUT2D eigenvalue weighted by Gasteiger charge is -2.24. The Hall–Kier alpha value is -1.06. The maximum absolute atomic E-state index is 9.39. The number of aliphatic hydroxyl groups is 1. The summed E-state index contributed by atoms with van der Waals surface area (Å²) in [6.45, 7) is 3.34. The van der Waals surface area contributed by atoms with Crippen LogP contribution < -0.4 is 10.1 Å². The Kier molecular flexibility index (Phi) is 3.76. The Morgan fingerprint density at radius 1 is 1.42 bits per heavy atom. The van der Waals surface area contributed by atoms with Crippen LogP contribution in [0.25, 0.3) is 0 Å². The predicted octanol–water partition coefficient (Wildman–Crippen LogP) is 2.43. The van der Waals surface area contributed by atoms with Crippen LogP contribution in [-0.2, 0) is 6.42 Å². The van der Waals surface area contributed by atoms with Gasteiger partial charge in [0.05, 0.1) is 6.61 Å². The van der Waals surface area contributed by atoms with Gasteiger partial charge in [0.25, 0.3) is 0 Å². The molecule has 0 radical (unpaired) electrons. The molecule has 1 saturated carbocycles. The standard InChI is InChI=1S/C16H23NO2/c1-11(17-15-4-2-3-14(15)10-18)12-5-6-16-13(9-12)7-8-19-16/h5-6,9,11,14-15,17-18H,2-4,7-8,10H2,1H3. The van der Waals surface area contributed by atoms with Gasteiger partial charge >= 0.3 is 0 Å². The van der Waals surface area contributed by atoms with Crippen LogP contribution in [0.1, 0.15) is 43.4 Å². The van der Waals surface area contributed by atoms with Gasteiger partial charge in [-0.15, -0.1) is 0 Å². The Morgan fingerprint density at radius 3 is 3.16 bits per heavy atom. The third kappa shape index (κ3) is 2.63. The first kappa shape index (κ1) is 12.9. The fourth-order valence-corrected chi connectivity index (χ4v) is 3.37. The predicted molar refractivity (Wildman–Crippen MR) is 75.4 cm³/mol. The van der Waals surface area contributed by atoms with Crippen molar-refractivity contribution in [2.75, 3.05) is 13.2 Å². The van der Waals surface area contributed by atoms with Crippen LogP contribution in [-0.4, -0.2) is 24.4 Å². The highest BCUT2D eigenvalue weighted by Crippen LogP contribution is 2.30. The fraction of sp³-hybridized carbons (Fsp3) is 0.625. The summed E-state index contributed by atoms with van der Waals surface area (Å²) in [6.07, 6.45) is 4.59. The van der Waals surface area contributed by atoms with E-state index in [-0.39, 0.29) is 0 Å². The zero-order valence-electron chi connectivity index (χ0n) is 11.6. The minimum absolute atomic E-state index is 0.308. The molecule has 2 aliphatic rings. The van der Waals surface area contributed by atoms with Gasteiger partial charge in [-0.1, -0.05) is 18.6 Å². The van der Waals surface area contributed by atoms with Gasteiger partial charge in [-0.25, -0.2) is 0 Å². The van der Waals surface area contributed by atoms with E-state index in [1.807, 2.05) is 0 Å². The normalized spacial score (nSPS) is 27.1. The van der Waals surface area contributed by atoms with Crippen molar-refractivity contribution >= 4 is 0 Å². The van der Waals surface area contributed by atoms with E-state index in [4.69, 9.17) is 4.74 Å². The first-order valence-electron chi connectivity index (χ1n) is 7.40. The van der Waals surface area contributed by atoms with Gasteiger partial charge in [-0.3, -0.25) is 0 Å². The molecule has 0 aromatic heterocycles. The molecule has 0 bridgehead atoms. The maximum atomic E-state index is 9.39. The lowest BCUT2D eigenvalue weighted by atomic mass is 10.00. The molecule has 1 fully saturated rings. The second-order valence-electron chi connectivity index (χ2n) is 5.83. The largest absolute Gasteiger partial charge is 0.493 e. The molecular formula is C16H23NO2. The van der Waals surface area contributed by atoms with Crippen LogP contribution in [0.5, 0.6) is 5.75 Å². The molecule has 19 heavy (non-hydrogen) atoms. The van der Waals surface area contributed by atoms with Gasteiger partial charge in [0, 0.05) is 25.1 Å². The summed E-state index contributed by atoms with van der Waals surface area (Å²) in [4.78, 5) is 0. The summed E-state index contributed by atoms with van der Waals surface area (Å²) in [5, 5.41) is 13.1. The average Bonchev–Trinajstić information content (AvgIpc) is 3.05. The van der Waals surface area contributed by atoms with Gasteiger partial charge < -0.3 is 15.2 Å². The third-order valence-electron chi connectivity index (χ3n) is 4.57. The van der Waals surface area contributed by atoms with Crippen LogP contribution >= 0.6 is 0 Å². The molecule has 0 amide bonds. The lowest BCUT2D eigenvalue weighted by molar-refractivity contribution is 0.200. The molecule has 1 heterocycles. The number of hydrogen-bond donors (Lipinski definition) is 2. The van der Waals surface area contributed by atoms with Gasteiger partial charge in [-0.2, -0.15) is 0 Å². The highest BCUT2D eigenvalue weighted by Gasteiger charge is 2.27. The summed E-state index contributed by atoms with van der Waals surface area (Å²) in [5.41, 5.74) is 2.66. The van der Waals surface area contributed by atoms with E-state index in [9.17, 15) is 5.11 Å². The molecule has 3 atom stereocenters. The molecule has 3 rings (SSSR count). The molecule has 1 aliphatic heterocycles. The quantitative estimate of drug-likeness (QED) is 0.874. The molecule has 0 spiro atoms. The van der Waals surface area contributed by atoms with E-state index < -0.39 is 0 Å². The molecule has 104 valence electrons. The summed E-state index contributed by atoms with van der Waals surface area (Å²) >= 11 is 0. The average molecular weight is 261 g/mol. The molecule has 3 nitrogen and oxygen atoms in total. The topological polar surface area (TPSA) is 41.5 Å². The first-order valence-corrected chi connectivity index (χ1v) is 7.40. The Balaban J connectivity index is 1.68. The number of ether oxygens (including phenoxy) is 1. The van der Waals surface area contributed by atoms with E-state index in [1.54, 1.807) is 0 Å². The first-order chi connectivity index (χ1) is 9.28. The number of fused-ring (bicyclic) bond motifs is 1. The molecule has 1 aromatic rings. The van der Waals surface area contributed by atoms with Crippen LogP contribution in [0.4, 0.5) is 0 Å². The summed E-state index contributed by atoms with van der Waals surface area (Å²) < 4.78 is 5.55. The van der Waals surface area contributed by atoms with Crippen LogP contribution in [0.3, 0.4) is 0 Å². The summed E-state index contributed by atoms with van der Waals surface area (Å²) in [7, 11) is 0. The van der Waals surface area contributed by atoms with E-state index in [0.717, 1.165) is 25.2 Å². The number of aliphatic hydroxyl groups excluding tert-OH is 1. The van der Waals surface area contributed by atoms with Crippen molar-refractivity contribution in [1.82, 2.24) is 5.32 Å². The Labute approximate surface area is 115 Å². The summed E-state index contributed by atoms with van der Waals surface area (Å²) in [5.74, 6) is 1.48. The van der Waals surface area contributed by atoms with E-state index >= 15 is 0 Å². The monoisotopic (exact) mass is 261 g/mol. The maximum Gasteiger partial charge on any atom is 0.122 e. The smallest absolute Gasteiger partial charge is 0.122 e. The zero-order valence-corrected chi connectivity index (χ0v) is 11.6. The van der Waals surface area contributed by atoms with Gasteiger partial charge in [-0.05, 0) is 42.9 Å². The van der Waals surface area contributed by atoms with Gasteiger partial charge in [0.2, 0.25) is 0 Å². The molecule has 0 saturated heterocycles. The van der Waals surface area contributed by atoms with Crippen molar-refractivity contribution < 1.29 is 9.84 Å². The third-order valence-corrected chi connectivity index (χ3v) is 4.57. The molecule has 3 heteroatoms. The number of hydrogen-bond acceptors (Lipinski definition) is 3. The molecule has 3 unspecified atom stereocenters. The van der Waals surface area contributed by atoms with Crippen molar-refractivity contribution in [1.29, 1.82) is 0 Å². The van der Waals surface area contributed by atoms with Crippen molar-refractivity contribution in [2.45, 2.75) is 44.7 Å². The van der Waals surface area contributed by atoms with Crippen LogP contribution in [0, 0.1) is 5.92 Å². The van der Waals surface area contributed by atoms with Crippen LogP contribution in [0.15, 0.2) is 18.2 Å². The highest BCUT2D eigenvalue weighted by atomic mass is 16.5. The number of rotatable bonds is 4. The SMILES string of the molecule is CC(NC1CCCC1CO)c1ccc2c(c1)CCO2. The fourth-order valence-electron chi connectivity index (χ4n) is 3.37. The van der Waals surface area contributed by atoms with Crippen LogP contribution in [0.2, 0.25) is 0 Å². The number of nitrogens with one attached hydrogen (secondary N) is 1. The van der Waals surface area contributed by atoms with Crippen molar-refractivity contribution in [3.63, 3.8) is 0 Å². The Bertz CT molecular complexity index is 446. The van der Waals surface area contributed by atoms with E-state index in [1.165, 1.54) is 24.0 Å². The highest BCUT2D eigenvalue weighted by molar-refractivity contribution is 5.40. The zero-order chi connectivity index (χ0) is 13.2. The van der Waals surface area contributed by atoms with Gasteiger partial charge in [0.15, 0.2) is 0 Å². The minimum atomic E-state index is 0.308. The van der Waals surface area contributed by atoms with Crippen molar-refractivity contribution in [2.24, 2.45) is 5.92 Å². The molecule has 2 N–H and O–H groups in total. The Morgan fingerprint density at radius 2 is 2.32 bits per heavy atom. The second kappa shape index (κ2) is 5.51. The van der Waals surface area contributed by atoms with Crippen molar-refractivity contribution in [3.8, 4) is 5.75 Å².